The lowest BCUT2D eigenvalue weighted by Crippen LogP contribution is -2.26. The minimum absolute atomic E-state index is 0.0700. The molecule has 0 fully saturated rings. The van der Waals surface area contributed by atoms with Gasteiger partial charge in [0.1, 0.15) is 5.78 Å². The van der Waals surface area contributed by atoms with Crippen LogP contribution in [0.4, 0.5) is 0 Å². The molecule has 0 aliphatic rings. The zero-order valence-electron chi connectivity index (χ0n) is 13.5. The van der Waals surface area contributed by atoms with Gasteiger partial charge >= 0.3 is 0 Å². The Morgan fingerprint density at radius 2 is 2.00 bits per heavy atom. The van der Waals surface area contributed by atoms with Crippen LogP contribution in [0.1, 0.15) is 12.8 Å². The molecule has 1 amide bonds. The highest BCUT2D eigenvalue weighted by Gasteiger charge is 2.17. The van der Waals surface area contributed by atoms with E-state index in [2.05, 4.69) is 15.5 Å². The van der Waals surface area contributed by atoms with Crippen LogP contribution in [0.5, 0.6) is 0 Å². The molecule has 8 nitrogen and oxygen atoms in total. The molecule has 2 aromatic rings. The molecule has 9 heteroatoms. The molecule has 1 atom stereocenters. The monoisotopic (exact) mass is 349 g/mol. The molecule has 0 spiro atoms. The van der Waals surface area contributed by atoms with Crippen molar-refractivity contribution in [3.8, 4) is 5.69 Å². The molecule has 0 aliphatic carbocycles. The molecule has 24 heavy (non-hydrogen) atoms. The summed E-state index contributed by atoms with van der Waals surface area (Å²) in [4.78, 5) is 24.6. The number of para-hydroxylation sites is 1. The van der Waals surface area contributed by atoms with E-state index in [0.29, 0.717) is 5.16 Å². The average molecular weight is 349 g/mol. The Morgan fingerprint density at radius 3 is 2.67 bits per heavy atom. The Bertz CT molecular complexity index is 689. The number of Topliss-reactive ketones (excluding diaryl/α,β-unsaturated/α-hetero) is 1. The number of aliphatic hydroxyl groups is 1. The largest absolute Gasteiger partial charge is 0.392 e. The fraction of sp³-hybridized carbons (Fsp3) is 0.400. The lowest BCUT2D eigenvalue weighted by Gasteiger charge is -2.11. The maximum absolute atomic E-state index is 11.8. The number of benzene rings is 1. The Morgan fingerprint density at radius 1 is 1.29 bits per heavy atom. The summed E-state index contributed by atoms with van der Waals surface area (Å²) in [5.74, 6) is -0.299. The van der Waals surface area contributed by atoms with Gasteiger partial charge in [0.25, 0.3) is 0 Å². The summed E-state index contributed by atoms with van der Waals surface area (Å²) in [5.41, 5.74) is 0.812. The van der Waals surface area contributed by atoms with Crippen LogP contribution in [-0.2, 0) is 9.59 Å². The molecule has 0 radical (unpaired) electrons. The number of rotatable bonds is 8. The average Bonchev–Trinajstić information content (AvgIpc) is 3.02. The lowest BCUT2D eigenvalue weighted by molar-refractivity contribution is -0.133. The van der Waals surface area contributed by atoms with Crippen molar-refractivity contribution in [1.82, 2.24) is 25.1 Å². The van der Waals surface area contributed by atoms with Gasteiger partial charge in [0.15, 0.2) is 0 Å². The van der Waals surface area contributed by atoms with Crippen molar-refractivity contribution in [2.24, 2.45) is 0 Å². The van der Waals surface area contributed by atoms with E-state index < -0.39 is 6.10 Å². The maximum Gasteiger partial charge on any atom is 0.229 e. The number of aliphatic hydroxyl groups excluding tert-OH is 1. The maximum atomic E-state index is 11.8. The number of thioether (sulfide) groups is 1. The fourth-order valence-electron chi connectivity index (χ4n) is 1.89. The first-order valence-corrected chi connectivity index (χ1v) is 8.32. The molecular formula is C15H19N5O3S. The molecule has 0 saturated heterocycles. The number of carbonyl (C=O) groups excluding carboxylic acids is 2. The van der Waals surface area contributed by atoms with Crippen molar-refractivity contribution in [1.29, 1.82) is 0 Å². The number of carbonyl (C=O) groups is 2. The molecule has 0 unspecified atom stereocenters. The molecule has 1 heterocycles. The van der Waals surface area contributed by atoms with Gasteiger partial charge in [0, 0.05) is 26.3 Å². The highest BCUT2D eigenvalue weighted by atomic mass is 32.2. The summed E-state index contributed by atoms with van der Waals surface area (Å²) < 4.78 is 1.56. The van der Waals surface area contributed by atoms with E-state index in [1.165, 1.54) is 16.7 Å². The van der Waals surface area contributed by atoms with E-state index >= 15 is 0 Å². The first-order valence-electron chi connectivity index (χ1n) is 7.34. The zero-order valence-corrected chi connectivity index (χ0v) is 14.3. The van der Waals surface area contributed by atoms with E-state index in [1.807, 2.05) is 30.3 Å². The normalized spacial score (nSPS) is 12.0. The number of aromatic nitrogens is 4. The number of tetrazole rings is 1. The Balaban J connectivity index is 1.87. The van der Waals surface area contributed by atoms with Gasteiger partial charge in [-0.15, -0.1) is 5.10 Å². The molecule has 0 saturated carbocycles. The van der Waals surface area contributed by atoms with Gasteiger partial charge in [-0.2, -0.15) is 4.68 Å². The molecular weight excluding hydrogens is 330 g/mol. The highest BCUT2D eigenvalue weighted by molar-refractivity contribution is 7.99. The Labute approximate surface area is 143 Å². The van der Waals surface area contributed by atoms with Crippen molar-refractivity contribution in [3.05, 3.63) is 30.3 Å². The third-order valence-electron chi connectivity index (χ3n) is 3.16. The molecule has 1 aromatic carbocycles. The topological polar surface area (TPSA) is 101 Å². The van der Waals surface area contributed by atoms with Gasteiger partial charge < -0.3 is 10.0 Å². The standard InChI is InChI=1S/C15H19N5O3S/c1-19(2)14(23)9-12(21)8-13(22)10-24-15-16-17-18-20(15)11-6-4-3-5-7-11/h3-7,13,22H,8-10H2,1-2H3/t13-/m0/s1. The Hall–Kier alpha value is -2.26. The second kappa shape index (κ2) is 8.55. The summed E-state index contributed by atoms with van der Waals surface area (Å²) >= 11 is 1.25. The van der Waals surface area contributed by atoms with Gasteiger partial charge in [0.05, 0.1) is 18.2 Å². The summed E-state index contributed by atoms with van der Waals surface area (Å²) in [5, 5.41) is 22.0. The van der Waals surface area contributed by atoms with Crippen LogP contribution in [0.3, 0.4) is 0 Å². The number of hydrogen-bond acceptors (Lipinski definition) is 7. The van der Waals surface area contributed by atoms with Crippen LogP contribution < -0.4 is 0 Å². The SMILES string of the molecule is CN(C)C(=O)CC(=O)C[C@H](O)CSc1nnnn1-c1ccccc1. The summed E-state index contributed by atoms with van der Waals surface area (Å²) in [6, 6.07) is 9.38. The molecule has 0 bridgehead atoms. The summed E-state index contributed by atoms with van der Waals surface area (Å²) in [7, 11) is 3.18. The predicted octanol–water partition coefficient (Wildman–Crippen LogP) is 0.553. The van der Waals surface area contributed by atoms with E-state index in [9.17, 15) is 14.7 Å². The van der Waals surface area contributed by atoms with Crippen LogP contribution in [0.15, 0.2) is 35.5 Å². The third-order valence-corrected chi connectivity index (χ3v) is 4.22. The van der Waals surface area contributed by atoms with Crippen molar-refractivity contribution in [2.75, 3.05) is 19.8 Å². The van der Waals surface area contributed by atoms with Gasteiger partial charge in [-0.3, -0.25) is 9.59 Å². The zero-order chi connectivity index (χ0) is 17.5. The number of ketones is 1. The molecule has 128 valence electrons. The van der Waals surface area contributed by atoms with Crippen LogP contribution >= 0.6 is 11.8 Å². The summed E-state index contributed by atoms with van der Waals surface area (Å²) in [6.07, 6.45) is -1.13. The second-order valence-corrected chi connectivity index (χ2v) is 6.37. The number of amides is 1. The lowest BCUT2D eigenvalue weighted by atomic mass is 10.1. The summed E-state index contributed by atoms with van der Waals surface area (Å²) in [6.45, 7) is 0. The smallest absolute Gasteiger partial charge is 0.229 e. The van der Waals surface area contributed by atoms with Crippen molar-refractivity contribution in [2.45, 2.75) is 24.1 Å². The van der Waals surface area contributed by atoms with Gasteiger partial charge in [-0.1, -0.05) is 30.0 Å². The van der Waals surface area contributed by atoms with Gasteiger partial charge in [-0.05, 0) is 22.6 Å². The second-order valence-electron chi connectivity index (χ2n) is 5.38. The van der Waals surface area contributed by atoms with Gasteiger partial charge in [0.2, 0.25) is 11.1 Å². The minimum Gasteiger partial charge on any atom is -0.392 e. The van der Waals surface area contributed by atoms with Crippen molar-refractivity contribution < 1.29 is 14.7 Å². The van der Waals surface area contributed by atoms with Crippen molar-refractivity contribution >= 4 is 23.5 Å². The molecule has 1 N–H and O–H groups in total. The molecule has 0 aliphatic heterocycles. The Kier molecular flexibility index (Phi) is 6.44. The number of nitrogens with zero attached hydrogens (tertiary/aromatic N) is 5. The van der Waals surface area contributed by atoms with Crippen LogP contribution in [0, 0.1) is 0 Å². The molecule has 2 rings (SSSR count). The quantitative estimate of drug-likeness (QED) is 0.548. The van der Waals surface area contributed by atoms with E-state index in [4.69, 9.17) is 0 Å². The van der Waals surface area contributed by atoms with E-state index in [0.717, 1.165) is 5.69 Å². The first-order chi connectivity index (χ1) is 11.5. The first kappa shape index (κ1) is 18.1. The van der Waals surface area contributed by atoms with E-state index in [1.54, 1.807) is 18.8 Å². The third kappa shape index (κ3) is 5.14. The number of hydrogen-bond donors (Lipinski definition) is 1. The van der Waals surface area contributed by atoms with E-state index in [-0.39, 0.29) is 30.3 Å². The van der Waals surface area contributed by atoms with Gasteiger partial charge in [-0.25, -0.2) is 0 Å². The molecule has 1 aromatic heterocycles. The van der Waals surface area contributed by atoms with Crippen LogP contribution in [0.25, 0.3) is 5.69 Å². The fourth-order valence-corrected chi connectivity index (χ4v) is 2.71. The highest BCUT2D eigenvalue weighted by Crippen LogP contribution is 2.19. The van der Waals surface area contributed by atoms with Crippen LogP contribution in [0.2, 0.25) is 0 Å². The minimum atomic E-state index is -0.863. The van der Waals surface area contributed by atoms with Crippen molar-refractivity contribution in [3.63, 3.8) is 0 Å². The van der Waals surface area contributed by atoms with Crippen LogP contribution in [-0.4, -0.2) is 67.9 Å². The predicted molar refractivity (Wildman–Crippen MR) is 88.8 cm³/mol.